The van der Waals surface area contributed by atoms with Crippen LogP contribution in [0.4, 0.5) is 17.3 Å². The van der Waals surface area contributed by atoms with Gasteiger partial charge in [0.2, 0.25) is 0 Å². The lowest BCUT2D eigenvalue weighted by molar-refractivity contribution is -0.384. The van der Waals surface area contributed by atoms with Crippen molar-refractivity contribution in [1.82, 2.24) is 9.97 Å². The number of hydrogen-bond acceptors (Lipinski definition) is 6. The van der Waals surface area contributed by atoms with Crippen LogP contribution in [0.15, 0.2) is 36.7 Å². The molecule has 0 aliphatic carbocycles. The Balaban J connectivity index is 2.06. The van der Waals surface area contributed by atoms with Crippen LogP contribution in [0.25, 0.3) is 0 Å². The van der Waals surface area contributed by atoms with Gasteiger partial charge in [0.15, 0.2) is 0 Å². The average Bonchev–Trinajstić information content (AvgIpc) is 2.37. The molecule has 0 saturated carbocycles. The van der Waals surface area contributed by atoms with Crippen molar-refractivity contribution >= 4 is 17.3 Å². The lowest BCUT2D eigenvalue weighted by Crippen LogP contribution is -2.03. The number of hydrogen-bond donors (Lipinski definition) is 2. The van der Waals surface area contributed by atoms with Crippen molar-refractivity contribution in [2.75, 3.05) is 11.1 Å². The molecule has 0 bridgehead atoms. The summed E-state index contributed by atoms with van der Waals surface area (Å²) in [4.78, 5) is 17.9. The molecule has 92 valence electrons. The van der Waals surface area contributed by atoms with Crippen molar-refractivity contribution in [3.05, 3.63) is 52.3 Å². The fourth-order valence-electron chi connectivity index (χ4n) is 1.44. The van der Waals surface area contributed by atoms with Gasteiger partial charge in [-0.3, -0.25) is 10.1 Å². The lowest BCUT2D eigenvalue weighted by Gasteiger charge is -2.05. The van der Waals surface area contributed by atoms with Crippen molar-refractivity contribution in [1.29, 1.82) is 0 Å². The quantitative estimate of drug-likeness (QED) is 0.625. The summed E-state index contributed by atoms with van der Waals surface area (Å²) < 4.78 is 0. The minimum atomic E-state index is -0.424. The van der Waals surface area contributed by atoms with E-state index in [4.69, 9.17) is 5.73 Å². The van der Waals surface area contributed by atoms with Crippen LogP contribution < -0.4 is 11.1 Å². The number of nitrogen functional groups attached to an aromatic ring is 1. The second-order valence-corrected chi connectivity index (χ2v) is 3.61. The number of benzene rings is 1. The van der Waals surface area contributed by atoms with Crippen LogP contribution in [0, 0.1) is 10.1 Å². The number of nitrogens with two attached hydrogens (primary N) is 1. The molecule has 0 saturated heterocycles. The van der Waals surface area contributed by atoms with Crippen LogP contribution in [0.5, 0.6) is 0 Å². The zero-order valence-electron chi connectivity index (χ0n) is 9.41. The van der Waals surface area contributed by atoms with E-state index in [-0.39, 0.29) is 5.69 Å². The third-order valence-electron chi connectivity index (χ3n) is 2.28. The second-order valence-electron chi connectivity index (χ2n) is 3.61. The fraction of sp³-hybridized carbons (Fsp3) is 0.0909. The summed E-state index contributed by atoms with van der Waals surface area (Å²) in [5.74, 6) is 0.945. The summed E-state index contributed by atoms with van der Waals surface area (Å²) in [6.45, 7) is 0.429. The minimum absolute atomic E-state index is 0.0662. The number of nitrogens with one attached hydrogen (secondary N) is 1. The molecule has 0 unspecified atom stereocenters. The topological polar surface area (TPSA) is 107 Å². The van der Waals surface area contributed by atoms with Gasteiger partial charge in [0.25, 0.3) is 5.69 Å². The highest BCUT2D eigenvalue weighted by molar-refractivity contribution is 5.44. The Hall–Kier alpha value is -2.70. The van der Waals surface area contributed by atoms with Crippen molar-refractivity contribution in [2.24, 2.45) is 0 Å². The summed E-state index contributed by atoms with van der Waals surface area (Å²) in [7, 11) is 0. The largest absolute Gasteiger partial charge is 0.384 e. The normalized spacial score (nSPS) is 10.0. The van der Waals surface area contributed by atoms with E-state index in [2.05, 4.69) is 15.3 Å². The standard InChI is InChI=1S/C11H11N5O2/c12-10-5-11(15-7-14-10)13-6-8-2-1-3-9(4-8)16(17)18/h1-5,7H,6H2,(H3,12,13,14,15). The second kappa shape index (κ2) is 5.09. The molecule has 18 heavy (non-hydrogen) atoms. The summed E-state index contributed by atoms with van der Waals surface area (Å²) in [5.41, 5.74) is 6.37. The van der Waals surface area contributed by atoms with E-state index < -0.39 is 4.92 Å². The number of non-ortho nitro benzene ring substituents is 1. The SMILES string of the molecule is Nc1cc(NCc2cccc([N+](=O)[O-])c2)ncn1. The molecule has 2 aromatic rings. The van der Waals surface area contributed by atoms with Crippen molar-refractivity contribution in [3.63, 3.8) is 0 Å². The first kappa shape index (κ1) is 11.8. The predicted molar refractivity (Wildman–Crippen MR) is 66.9 cm³/mol. The Bertz CT molecular complexity index is 573. The maximum atomic E-state index is 10.6. The van der Waals surface area contributed by atoms with Crippen molar-refractivity contribution in [2.45, 2.75) is 6.54 Å². The smallest absolute Gasteiger partial charge is 0.269 e. The molecule has 3 N–H and O–H groups in total. The number of aromatic nitrogens is 2. The van der Waals surface area contributed by atoms with E-state index in [1.54, 1.807) is 18.2 Å². The molecule has 1 aromatic carbocycles. The van der Waals surface area contributed by atoms with Gasteiger partial charge in [0, 0.05) is 24.7 Å². The first-order valence-corrected chi connectivity index (χ1v) is 5.20. The first-order chi connectivity index (χ1) is 8.65. The number of anilines is 2. The highest BCUT2D eigenvalue weighted by atomic mass is 16.6. The molecule has 0 spiro atoms. The third kappa shape index (κ3) is 2.91. The minimum Gasteiger partial charge on any atom is -0.384 e. The van der Waals surface area contributed by atoms with Gasteiger partial charge in [-0.05, 0) is 5.56 Å². The molecule has 7 nitrogen and oxygen atoms in total. The molecule has 0 aliphatic rings. The van der Waals surface area contributed by atoms with Gasteiger partial charge in [-0.25, -0.2) is 9.97 Å². The molecule has 1 heterocycles. The Morgan fingerprint density at radius 3 is 2.89 bits per heavy atom. The Labute approximate surface area is 103 Å². The van der Waals surface area contributed by atoms with Gasteiger partial charge in [-0.1, -0.05) is 12.1 Å². The fourth-order valence-corrected chi connectivity index (χ4v) is 1.44. The van der Waals surface area contributed by atoms with Gasteiger partial charge >= 0.3 is 0 Å². The van der Waals surface area contributed by atoms with Crippen molar-refractivity contribution in [3.8, 4) is 0 Å². The van der Waals surface area contributed by atoms with E-state index in [0.29, 0.717) is 18.2 Å². The number of nitrogens with zero attached hydrogens (tertiary/aromatic N) is 3. The van der Waals surface area contributed by atoms with Crippen LogP contribution in [0.3, 0.4) is 0 Å². The van der Waals surface area contributed by atoms with Gasteiger partial charge in [0.1, 0.15) is 18.0 Å². The van der Waals surface area contributed by atoms with Gasteiger partial charge in [-0.15, -0.1) is 0 Å². The summed E-state index contributed by atoms with van der Waals surface area (Å²) in [5, 5.41) is 13.6. The molecule has 0 radical (unpaired) electrons. The average molecular weight is 245 g/mol. The van der Waals surface area contributed by atoms with Crippen LogP contribution in [0.2, 0.25) is 0 Å². The molecule has 1 aromatic heterocycles. The lowest BCUT2D eigenvalue weighted by atomic mass is 10.2. The zero-order valence-corrected chi connectivity index (χ0v) is 9.41. The van der Waals surface area contributed by atoms with Crippen LogP contribution in [-0.2, 0) is 6.54 Å². The Morgan fingerprint density at radius 1 is 1.33 bits per heavy atom. The molecule has 0 aliphatic heterocycles. The van der Waals surface area contributed by atoms with Crippen LogP contribution in [-0.4, -0.2) is 14.9 Å². The molecular formula is C11H11N5O2. The van der Waals surface area contributed by atoms with E-state index >= 15 is 0 Å². The molecule has 7 heteroatoms. The number of rotatable bonds is 4. The highest BCUT2D eigenvalue weighted by Crippen LogP contribution is 2.14. The van der Waals surface area contributed by atoms with E-state index in [9.17, 15) is 10.1 Å². The number of nitro groups is 1. The molecular weight excluding hydrogens is 234 g/mol. The van der Waals surface area contributed by atoms with Crippen LogP contribution >= 0.6 is 0 Å². The molecule has 0 amide bonds. The molecule has 2 rings (SSSR count). The maximum Gasteiger partial charge on any atom is 0.269 e. The monoisotopic (exact) mass is 245 g/mol. The van der Waals surface area contributed by atoms with Gasteiger partial charge in [-0.2, -0.15) is 0 Å². The zero-order chi connectivity index (χ0) is 13.0. The predicted octanol–water partition coefficient (Wildman–Crippen LogP) is 1.58. The summed E-state index contributed by atoms with van der Waals surface area (Å²) in [6, 6.07) is 8.00. The summed E-state index contributed by atoms with van der Waals surface area (Å²) >= 11 is 0. The van der Waals surface area contributed by atoms with E-state index in [1.807, 2.05) is 0 Å². The Morgan fingerprint density at radius 2 is 2.17 bits per heavy atom. The summed E-state index contributed by atoms with van der Waals surface area (Å²) in [6.07, 6.45) is 1.35. The number of nitro benzene ring substituents is 1. The molecule has 0 fully saturated rings. The van der Waals surface area contributed by atoms with Crippen molar-refractivity contribution < 1.29 is 4.92 Å². The first-order valence-electron chi connectivity index (χ1n) is 5.20. The third-order valence-corrected chi connectivity index (χ3v) is 2.28. The van der Waals surface area contributed by atoms with Gasteiger partial charge in [0.05, 0.1) is 4.92 Å². The maximum absolute atomic E-state index is 10.6. The van der Waals surface area contributed by atoms with Crippen LogP contribution in [0.1, 0.15) is 5.56 Å². The Kier molecular flexibility index (Phi) is 3.33. The van der Waals surface area contributed by atoms with E-state index in [0.717, 1.165) is 5.56 Å². The van der Waals surface area contributed by atoms with E-state index in [1.165, 1.54) is 18.5 Å². The molecule has 0 atom stereocenters. The highest BCUT2D eigenvalue weighted by Gasteiger charge is 2.05. The van der Waals surface area contributed by atoms with Gasteiger partial charge < -0.3 is 11.1 Å².